The first-order valence-electron chi connectivity index (χ1n) is 9.53. The molecule has 1 aliphatic heterocycles. The lowest BCUT2D eigenvalue weighted by Gasteiger charge is -2.34. The lowest BCUT2D eigenvalue weighted by molar-refractivity contribution is -0.118. The third-order valence-corrected chi connectivity index (χ3v) is 5.47. The number of benzene rings is 2. The number of anilines is 2. The maximum Gasteiger partial charge on any atom is 0.166 e. The highest BCUT2D eigenvalue weighted by Gasteiger charge is 2.39. The van der Waals surface area contributed by atoms with Crippen LogP contribution in [0.2, 0.25) is 0 Å². The summed E-state index contributed by atoms with van der Waals surface area (Å²) in [5.41, 5.74) is 4.50. The van der Waals surface area contributed by atoms with E-state index in [4.69, 9.17) is 9.47 Å². The summed E-state index contributed by atoms with van der Waals surface area (Å²) in [6, 6.07) is 13.5. The summed E-state index contributed by atoms with van der Waals surface area (Å²) in [4.78, 5) is 13.3. The van der Waals surface area contributed by atoms with Crippen molar-refractivity contribution in [1.29, 1.82) is 0 Å². The van der Waals surface area contributed by atoms with Gasteiger partial charge in [0.05, 0.1) is 31.6 Å². The van der Waals surface area contributed by atoms with Crippen molar-refractivity contribution in [2.24, 2.45) is 5.41 Å². The average Bonchev–Trinajstić information content (AvgIpc) is 2.82. The molecule has 0 fully saturated rings. The van der Waals surface area contributed by atoms with Crippen molar-refractivity contribution in [1.82, 2.24) is 0 Å². The summed E-state index contributed by atoms with van der Waals surface area (Å²) in [6.45, 7) is 4.28. The molecule has 28 heavy (non-hydrogen) atoms. The normalized spacial score (nSPS) is 20.3. The lowest BCUT2D eigenvalue weighted by Crippen LogP contribution is -2.31. The van der Waals surface area contributed by atoms with Gasteiger partial charge in [0.15, 0.2) is 17.3 Å². The molecule has 0 radical (unpaired) electrons. The predicted molar refractivity (Wildman–Crippen MR) is 111 cm³/mol. The second-order valence-electron chi connectivity index (χ2n) is 8.16. The quantitative estimate of drug-likeness (QED) is 0.793. The maximum absolute atomic E-state index is 13.3. The molecule has 5 nitrogen and oxygen atoms in total. The number of ketones is 1. The van der Waals surface area contributed by atoms with Crippen LogP contribution in [-0.2, 0) is 4.79 Å². The van der Waals surface area contributed by atoms with E-state index in [0.717, 1.165) is 34.6 Å². The van der Waals surface area contributed by atoms with Gasteiger partial charge >= 0.3 is 0 Å². The molecular formula is C23H26N2O3. The monoisotopic (exact) mass is 378 g/mol. The summed E-state index contributed by atoms with van der Waals surface area (Å²) >= 11 is 0. The van der Waals surface area contributed by atoms with Crippen LogP contribution in [0.15, 0.2) is 53.7 Å². The van der Waals surface area contributed by atoms with Crippen LogP contribution in [0.1, 0.15) is 38.3 Å². The summed E-state index contributed by atoms with van der Waals surface area (Å²) in [5.74, 6) is 1.46. The van der Waals surface area contributed by atoms with Crippen LogP contribution in [0, 0.1) is 5.41 Å². The van der Waals surface area contributed by atoms with E-state index < -0.39 is 0 Å². The van der Waals surface area contributed by atoms with Crippen LogP contribution in [0.25, 0.3) is 0 Å². The molecule has 2 aliphatic rings. The summed E-state index contributed by atoms with van der Waals surface area (Å²) in [5, 5.41) is 7.12. The van der Waals surface area contributed by atoms with Crippen LogP contribution in [0.3, 0.4) is 0 Å². The molecule has 2 N–H and O–H groups in total. The van der Waals surface area contributed by atoms with Gasteiger partial charge in [-0.1, -0.05) is 38.1 Å². The van der Waals surface area contributed by atoms with Crippen molar-refractivity contribution in [3.63, 3.8) is 0 Å². The van der Waals surface area contributed by atoms with Gasteiger partial charge < -0.3 is 20.1 Å². The smallest absolute Gasteiger partial charge is 0.166 e. The lowest BCUT2D eigenvalue weighted by atomic mass is 9.73. The number of Topliss-reactive ketones (excluding diaryl/α,β-unsaturated/α-hetero) is 1. The van der Waals surface area contributed by atoms with E-state index in [0.29, 0.717) is 17.9 Å². The number of methoxy groups -OCH3 is 2. The van der Waals surface area contributed by atoms with Crippen LogP contribution >= 0.6 is 0 Å². The molecule has 2 aromatic carbocycles. The van der Waals surface area contributed by atoms with Gasteiger partial charge in [0.2, 0.25) is 0 Å². The van der Waals surface area contributed by atoms with Crippen molar-refractivity contribution < 1.29 is 14.3 Å². The Labute approximate surface area is 165 Å². The molecule has 1 heterocycles. The SMILES string of the molecule is COc1cccc([C@@H]2Nc3ccccc3NC3=C2C(=O)CC(C)(C)C3)c1OC. The molecule has 146 valence electrons. The molecule has 4 rings (SSSR count). The Bertz CT molecular complexity index is 962. The van der Waals surface area contributed by atoms with Crippen LogP contribution in [0.4, 0.5) is 11.4 Å². The Morgan fingerprint density at radius 3 is 2.43 bits per heavy atom. The van der Waals surface area contributed by atoms with E-state index in [1.165, 1.54) is 0 Å². The van der Waals surface area contributed by atoms with Crippen molar-refractivity contribution in [3.8, 4) is 11.5 Å². The van der Waals surface area contributed by atoms with Gasteiger partial charge in [-0.25, -0.2) is 0 Å². The highest BCUT2D eigenvalue weighted by molar-refractivity contribution is 6.01. The number of carbonyl (C=O) groups is 1. The largest absolute Gasteiger partial charge is 0.493 e. The summed E-state index contributed by atoms with van der Waals surface area (Å²) in [7, 11) is 3.25. The van der Waals surface area contributed by atoms with Gasteiger partial charge in [-0.05, 0) is 30.0 Å². The first-order chi connectivity index (χ1) is 13.4. The van der Waals surface area contributed by atoms with Crippen molar-refractivity contribution in [2.75, 3.05) is 24.9 Å². The minimum Gasteiger partial charge on any atom is -0.493 e. The van der Waals surface area contributed by atoms with E-state index in [-0.39, 0.29) is 17.2 Å². The highest BCUT2D eigenvalue weighted by Crippen LogP contribution is 2.48. The molecule has 0 unspecified atom stereocenters. The molecule has 0 bridgehead atoms. The molecule has 5 heteroatoms. The van der Waals surface area contributed by atoms with Gasteiger partial charge in [0, 0.05) is 23.3 Å². The van der Waals surface area contributed by atoms with Crippen molar-refractivity contribution in [2.45, 2.75) is 32.7 Å². The van der Waals surface area contributed by atoms with Gasteiger partial charge in [0.25, 0.3) is 0 Å². The van der Waals surface area contributed by atoms with Crippen LogP contribution in [0.5, 0.6) is 11.5 Å². The van der Waals surface area contributed by atoms with E-state index >= 15 is 0 Å². The second kappa shape index (κ2) is 6.89. The van der Waals surface area contributed by atoms with Gasteiger partial charge in [0.1, 0.15) is 0 Å². The molecule has 1 atom stereocenters. The molecule has 2 aromatic rings. The Kier molecular flexibility index (Phi) is 4.53. The molecule has 0 amide bonds. The predicted octanol–water partition coefficient (Wildman–Crippen LogP) is 4.93. The number of para-hydroxylation sites is 3. The fourth-order valence-electron chi connectivity index (χ4n) is 4.26. The number of hydrogen-bond acceptors (Lipinski definition) is 5. The number of ether oxygens (including phenoxy) is 2. The first kappa shape index (κ1) is 18.4. The molecule has 0 aromatic heterocycles. The van der Waals surface area contributed by atoms with Crippen LogP contribution in [-0.4, -0.2) is 20.0 Å². The number of rotatable bonds is 3. The zero-order chi connectivity index (χ0) is 19.9. The second-order valence-corrected chi connectivity index (χ2v) is 8.16. The van der Waals surface area contributed by atoms with Crippen LogP contribution < -0.4 is 20.1 Å². The standard InChI is InChI=1S/C23H26N2O3/c1-23(2)12-17-20(18(26)13-23)21(25-16-10-6-5-9-15(16)24-17)14-8-7-11-19(27-3)22(14)28-4/h5-11,21,24-25H,12-13H2,1-4H3/t21-/m0/s1. The van der Waals surface area contributed by atoms with Crippen molar-refractivity contribution in [3.05, 3.63) is 59.3 Å². The summed E-state index contributed by atoms with van der Waals surface area (Å²) < 4.78 is 11.2. The third kappa shape index (κ3) is 3.11. The Morgan fingerprint density at radius 1 is 0.964 bits per heavy atom. The topological polar surface area (TPSA) is 59.6 Å². The Morgan fingerprint density at radius 2 is 1.71 bits per heavy atom. The minimum atomic E-state index is -0.320. The number of nitrogens with one attached hydrogen (secondary N) is 2. The molecule has 0 spiro atoms. The fourth-order valence-corrected chi connectivity index (χ4v) is 4.26. The molecule has 0 saturated heterocycles. The van der Waals surface area contributed by atoms with Crippen molar-refractivity contribution >= 4 is 17.2 Å². The Balaban J connectivity index is 1.93. The number of carbonyl (C=O) groups excluding carboxylic acids is 1. The number of fused-ring (bicyclic) bond motifs is 1. The fraction of sp³-hybridized carbons (Fsp3) is 0.348. The molecule has 1 aliphatic carbocycles. The maximum atomic E-state index is 13.3. The van der Waals surface area contributed by atoms with E-state index in [2.05, 4.69) is 24.5 Å². The number of hydrogen-bond donors (Lipinski definition) is 2. The third-order valence-electron chi connectivity index (χ3n) is 5.47. The zero-order valence-electron chi connectivity index (χ0n) is 16.8. The summed E-state index contributed by atoms with van der Waals surface area (Å²) in [6.07, 6.45) is 1.33. The average molecular weight is 378 g/mol. The Hall–Kier alpha value is -2.95. The zero-order valence-corrected chi connectivity index (χ0v) is 16.8. The van der Waals surface area contributed by atoms with Gasteiger partial charge in [-0.2, -0.15) is 0 Å². The van der Waals surface area contributed by atoms with E-state index in [1.807, 2.05) is 42.5 Å². The first-order valence-corrected chi connectivity index (χ1v) is 9.53. The minimum absolute atomic E-state index is 0.0782. The van der Waals surface area contributed by atoms with Gasteiger partial charge in [-0.15, -0.1) is 0 Å². The molecule has 0 saturated carbocycles. The van der Waals surface area contributed by atoms with Gasteiger partial charge in [-0.3, -0.25) is 4.79 Å². The highest BCUT2D eigenvalue weighted by atomic mass is 16.5. The van der Waals surface area contributed by atoms with E-state index in [9.17, 15) is 4.79 Å². The number of allylic oxidation sites excluding steroid dienone is 1. The molecular weight excluding hydrogens is 352 g/mol. The van der Waals surface area contributed by atoms with E-state index in [1.54, 1.807) is 14.2 Å².